The largest absolute Gasteiger partial charge is 0.452 e. The van der Waals surface area contributed by atoms with Crippen molar-refractivity contribution in [2.24, 2.45) is 0 Å². The quantitative estimate of drug-likeness (QED) is 0.692. The normalized spacial score (nSPS) is 11.6. The first-order valence-electron chi connectivity index (χ1n) is 8.68. The molecule has 0 aliphatic rings. The molecule has 0 saturated heterocycles. The maximum absolute atomic E-state index is 12.3. The first kappa shape index (κ1) is 22.3. The van der Waals surface area contributed by atoms with E-state index in [9.17, 15) is 22.8 Å². The highest BCUT2D eigenvalue weighted by Crippen LogP contribution is 2.14. The van der Waals surface area contributed by atoms with Gasteiger partial charge in [-0.1, -0.05) is 18.2 Å². The molecule has 2 N–H and O–H groups in total. The minimum absolute atomic E-state index is 0.00447. The van der Waals surface area contributed by atoms with Crippen LogP contribution in [0.4, 0.5) is 0 Å². The maximum atomic E-state index is 12.3. The van der Waals surface area contributed by atoms with Crippen LogP contribution in [0.3, 0.4) is 0 Å². The molecule has 2 aromatic carbocycles. The minimum Gasteiger partial charge on any atom is -0.452 e. The van der Waals surface area contributed by atoms with Crippen LogP contribution in [0.15, 0.2) is 59.5 Å². The molecule has 0 unspecified atom stereocenters. The van der Waals surface area contributed by atoms with Gasteiger partial charge in [0.25, 0.3) is 11.8 Å². The highest BCUT2D eigenvalue weighted by atomic mass is 32.2. The fourth-order valence-corrected chi connectivity index (χ4v) is 3.69. The molecule has 8 nitrogen and oxygen atoms in total. The number of ether oxygens (including phenoxy) is 1. The molecule has 2 amide bonds. The number of hydrogen-bond donors (Lipinski definition) is 2. The van der Waals surface area contributed by atoms with E-state index in [1.54, 1.807) is 51.1 Å². The van der Waals surface area contributed by atoms with Crippen LogP contribution in [0.2, 0.25) is 0 Å². The van der Waals surface area contributed by atoms with E-state index in [1.165, 1.54) is 24.3 Å². The maximum Gasteiger partial charge on any atom is 0.338 e. The van der Waals surface area contributed by atoms with Gasteiger partial charge >= 0.3 is 5.97 Å². The van der Waals surface area contributed by atoms with Crippen molar-refractivity contribution in [2.75, 3.05) is 6.61 Å². The molecule has 9 heteroatoms. The van der Waals surface area contributed by atoms with Crippen molar-refractivity contribution >= 4 is 27.8 Å². The van der Waals surface area contributed by atoms with E-state index >= 15 is 0 Å². The fraction of sp³-hybridized carbons (Fsp3) is 0.250. The molecular weight excluding hydrogens is 396 g/mol. The lowest BCUT2D eigenvalue weighted by Gasteiger charge is -2.20. The third kappa shape index (κ3) is 6.81. The van der Waals surface area contributed by atoms with E-state index in [0.717, 1.165) is 0 Å². The topological polar surface area (TPSA) is 119 Å². The SMILES string of the molecule is CC(C)(C)NS(=O)(=O)c1ccc(C(=O)OCC(=O)NC(=O)c2ccccc2)cc1. The Labute approximate surface area is 169 Å². The van der Waals surface area contributed by atoms with Crippen molar-refractivity contribution in [3.05, 3.63) is 65.7 Å². The smallest absolute Gasteiger partial charge is 0.338 e. The summed E-state index contributed by atoms with van der Waals surface area (Å²) in [5, 5.41) is 2.11. The molecule has 0 aliphatic heterocycles. The molecule has 0 aliphatic carbocycles. The number of sulfonamides is 1. The molecule has 0 heterocycles. The number of benzene rings is 2. The predicted octanol–water partition coefficient (Wildman–Crippen LogP) is 1.88. The molecule has 29 heavy (non-hydrogen) atoms. The number of carbonyl (C=O) groups is 3. The predicted molar refractivity (Wildman–Crippen MR) is 106 cm³/mol. The Bertz CT molecular complexity index is 994. The van der Waals surface area contributed by atoms with Crippen LogP contribution in [0, 0.1) is 0 Å². The molecule has 0 spiro atoms. The lowest BCUT2D eigenvalue weighted by atomic mass is 10.1. The summed E-state index contributed by atoms with van der Waals surface area (Å²) in [7, 11) is -3.73. The minimum atomic E-state index is -3.73. The van der Waals surface area contributed by atoms with Gasteiger partial charge < -0.3 is 4.74 Å². The summed E-state index contributed by atoms with van der Waals surface area (Å²) in [5.74, 6) is -2.20. The second kappa shape index (κ2) is 8.97. The summed E-state index contributed by atoms with van der Waals surface area (Å²) < 4.78 is 31.9. The van der Waals surface area contributed by atoms with Crippen LogP contribution in [-0.4, -0.2) is 38.3 Å². The number of carbonyl (C=O) groups excluding carboxylic acids is 3. The van der Waals surface area contributed by atoms with E-state index in [-0.39, 0.29) is 10.5 Å². The van der Waals surface area contributed by atoms with Crippen LogP contribution in [0.25, 0.3) is 0 Å². The van der Waals surface area contributed by atoms with Gasteiger partial charge in [-0.05, 0) is 57.2 Å². The molecule has 154 valence electrons. The highest BCUT2D eigenvalue weighted by molar-refractivity contribution is 7.89. The van der Waals surface area contributed by atoms with Crippen LogP contribution in [0.1, 0.15) is 41.5 Å². The summed E-state index contributed by atoms with van der Waals surface area (Å²) in [4.78, 5) is 35.7. The van der Waals surface area contributed by atoms with E-state index in [2.05, 4.69) is 10.0 Å². The Kier molecular flexibility index (Phi) is 6.89. The molecule has 0 bridgehead atoms. The van der Waals surface area contributed by atoms with Gasteiger partial charge in [-0.2, -0.15) is 0 Å². The number of imide groups is 1. The fourth-order valence-electron chi connectivity index (χ4n) is 2.27. The van der Waals surface area contributed by atoms with Gasteiger partial charge in [-0.25, -0.2) is 17.9 Å². The first-order valence-corrected chi connectivity index (χ1v) is 10.2. The number of esters is 1. The zero-order valence-corrected chi connectivity index (χ0v) is 17.1. The zero-order valence-electron chi connectivity index (χ0n) is 16.3. The zero-order chi connectivity index (χ0) is 21.7. The molecule has 0 atom stereocenters. The molecular formula is C20H22N2O6S. The second-order valence-corrected chi connectivity index (χ2v) is 8.88. The average Bonchev–Trinajstić information content (AvgIpc) is 2.65. The molecule has 2 rings (SSSR count). The van der Waals surface area contributed by atoms with Gasteiger partial charge in [0.15, 0.2) is 6.61 Å². The summed E-state index contributed by atoms with van der Waals surface area (Å²) in [6.07, 6.45) is 0. The Morgan fingerprint density at radius 1 is 0.897 bits per heavy atom. The number of hydrogen-bond acceptors (Lipinski definition) is 6. The molecule has 0 fully saturated rings. The van der Waals surface area contributed by atoms with Crippen molar-refractivity contribution in [1.82, 2.24) is 10.0 Å². The van der Waals surface area contributed by atoms with Crippen LogP contribution < -0.4 is 10.0 Å². The number of rotatable bonds is 6. The monoisotopic (exact) mass is 418 g/mol. The third-order valence-electron chi connectivity index (χ3n) is 3.46. The highest BCUT2D eigenvalue weighted by Gasteiger charge is 2.22. The third-order valence-corrected chi connectivity index (χ3v) is 5.24. The number of amides is 2. The summed E-state index contributed by atoms with van der Waals surface area (Å²) in [5.41, 5.74) is -0.282. The van der Waals surface area contributed by atoms with Gasteiger partial charge in [0.2, 0.25) is 10.0 Å². The lowest BCUT2D eigenvalue weighted by molar-refractivity contribution is -0.123. The number of nitrogens with one attached hydrogen (secondary N) is 2. The summed E-state index contributed by atoms with van der Waals surface area (Å²) in [6, 6.07) is 13.2. The summed E-state index contributed by atoms with van der Waals surface area (Å²) >= 11 is 0. The van der Waals surface area contributed by atoms with Gasteiger partial charge in [0.1, 0.15) is 0 Å². The van der Waals surface area contributed by atoms with E-state index < -0.39 is 40.0 Å². The Morgan fingerprint density at radius 3 is 2.03 bits per heavy atom. The van der Waals surface area contributed by atoms with Gasteiger partial charge in [-0.15, -0.1) is 0 Å². The Balaban J connectivity index is 1.92. The van der Waals surface area contributed by atoms with Crippen molar-refractivity contribution in [3.8, 4) is 0 Å². The lowest BCUT2D eigenvalue weighted by Crippen LogP contribution is -2.40. The van der Waals surface area contributed by atoms with Crippen LogP contribution in [-0.2, 0) is 19.6 Å². The van der Waals surface area contributed by atoms with Gasteiger partial charge in [0, 0.05) is 11.1 Å². The van der Waals surface area contributed by atoms with Crippen molar-refractivity contribution in [1.29, 1.82) is 0 Å². The second-order valence-electron chi connectivity index (χ2n) is 7.20. The average molecular weight is 418 g/mol. The van der Waals surface area contributed by atoms with E-state index in [1.807, 2.05) is 0 Å². The molecule has 0 aromatic heterocycles. The Hall–Kier alpha value is -3.04. The van der Waals surface area contributed by atoms with E-state index in [0.29, 0.717) is 5.56 Å². The van der Waals surface area contributed by atoms with Crippen LogP contribution >= 0.6 is 0 Å². The van der Waals surface area contributed by atoms with Crippen LogP contribution in [0.5, 0.6) is 0 Å². The van der Waals surface area contributed by atoms with E-state index in [4.69, 9.17) is 4.74 Å². The van der Waals surface area contributed by atoms with Crippen molar-refractivity contribution < 1.29 is 27.5 Å². The van der Waals surface area contributed by atoms with Crippen molar-refractivity contribution in [3.63, 3.8) is 0 Å². The van der Waals surface area contributed by atoms with Gasteiger partial charge in [0.05, 0.1) is 10.5 Å². The van der Waals surface area contributed by atoms with Gasteiger partial charge in [-0.3, -0.25) is 14.9 Å². The molecule has 0 saturated carbocycles. The Morgan fingerprint density at radius 2 is 1.48 bits per heavy atom. The standard InChI is InChI=1S/C20H22N2O6S/c1-20(2,3)22-29(26,27)16-11-9-15(10-12-16)19(25)28-13-17(23)21-18(24)14-7-5-4-6-8-14/h4-12,22H,13H2,1-3H3,(H,21,23,24). The summed E-state index contributed by atoms with van der Waals surface area (Å²) in [6.45, 7) is 4.49. The first-order chi connectivity index (χ1) is 13.5. The molecule has 0 radical (unpaired) electrons. The van der Waals surface area contributed by atoms with Crippen molar-refractivity contribution in [2.45, 2.75) is 31.2 Å². The molecule has 2 aromatic rings.